The molecule has 0 bridgehead atoms. The number of carbonyl (C=O) groups excluding carboxylic acids is 3. The van der Waals surface area contributed by atoms with Crippen LogP contribution < -0.4 is 15.1 Å². The Morgan fingerprint density at radius 3 is 2.63 bits per heavy atom. The van der Waals surface area contributed by atoms with Crippen LogP contribution in [-0.2, 0) is 27.2 Å². The number of para-hydroxylation sites is 1. The van der Waals surface area contributed by atoms with Crippen LogP contribution in [0.2, 0.25) is 0 Å². The van der Waals surface area contributed by atoms with E-state index in [0.717, 1.165) is 22.2 Å². The molecule has 3 heterocycles. The lowest BCUT2D eigenvalue weighted by Gasteiger charge is -2.30. The number of ether oxygens (including phenoxy) is 2. The molecule has 0 aliphatic carbocycles. The summed E-state index contributed by atoms with van der Waals surface area (Å²) in [5.74, 6) is -1.67. The van der Waals surface area contributed by atoms with Gasteiger partial charge in [0.1, 0.15) is 10.6 Å². The number of nitrogens with zero attached hydrogens (tertiary/aromatic N) is 3. The molecule has 0 spiro atoms. The maximum absolute atomic E-state index is 13.2. The van der Waals surface area contributed by atoms with Gasteiger partial charge in [-0.2, -0.15) is 0 Å². The molecule has 0 radical (unpaired) electrons. The third-order valence-electron chi connectivity index (χ3n) is 5.57. The number of nitrogens with one attached hydrogen (secondary N) is 1. The fourth-order valence-electron chi connectivity index (χ4n) is 3.80. The third-order valence-corrected chi connectivity index (χ3v) is 7.83. The van der Waals surface area contributed by atoms with Gasteiger partial charge in [0.2, 0.25) is 11.6 Å². The molecule has 2 amide bonds. The first-order chi connectivity index (χ1) is 18.0. The summed E-state index contributed by atoms with van der Waals surface area (Å²) >= 11 is 2.20. The first kappa shape index (κ1) is 27.5. The van der Waals surface area contributed by atoms with Gasteiger partial charge in [0.15, 0.2) is 5.95 Å². The zero-order valence-electron chi connectivity index (χ0n) is 21.6. The van der Waals surface area contributed by atoms with Gasteiger partial charge in [0.05, 0.1) is 29.7 Å². The topological polar surface area (TPSA) is 138 Å². The van der Waals surface area contributed by atoms with Crippen LogP contribution in [0.4, 0.5) is 9.80 Å². The number of esters is 1. The molecule has 1 aromatic carbocycles. The number of benzene rings is 1. The van der Waals surface area contributed by atoms with E-state index in [-0.39, 0.29) is 17.1 Å². The summed E-state index contributed by atoms with van der Waals surface area (Å²) in [5.41, 5.74) is 0.988. The van der Waals surface area contributed by atoms with Crippen LogP contribution in [0.15, 0.2) is 39.9 Å². The number of carbonyl (C=O) groups is 3. The largest absolute Gasteiger partial charge is 0.538 e. The fraction of sp³-hybridized carbons (Fsp3) is 0.400. The molecule has 38 heavy (non-hydrogen) atoms. The van der Waals surface area contributed by atoms with Crippen LogP contribution >= 0.6 is 23.1 Å². The number of amides is 2. The zero-order valence-corrected chi connectivity index (χ0v) is 23.2. The summed E-state index contributed by atoms with van der Waals surface area (Å²) in [4.78, 5) is 40.8. The van der Waals surface area contributed by atoms with Gasteiger partial charge in [0.25, 0.3) is 5.03 Å². The monoisotopic (exact) mass is 560 g/mol. The minimum absolute atomic E-state index is 0.144. The fourth-order valence-corrected chi connectivity index (χ4v) is 5.93. The molecule has 3 aromatic rings. The normalized spacial score (nSPS) is 14.0. The lowest BCUT2D eigenvalue weighted by Crippen LogP contribution is -2.39. The highest BCUT2D eigenvalue weighted by Crippen LogP contribution is 2.38. The van der Waals surface area contributed by atoms with Crippen LogP contribution in [0.1, 0.15) is 48.5 Å². The number of hydrogen-bond acceptors (Lipinski definition) is 10. The SMILES string of the molecule is COC(=O)c1c(NC(=O)C(C)Sc2c([O-])on[n+]2-c2ccccc2)sc2c1CCN(C(=O)OC(C)(C)C)C2. The summed E-state index contributed by atoms with van der Waals surface area (Å²) in [5, 5.41) is 18.7. The molecule has 1 N–H and O–H groups in total. The number of fused-ring (bicyclic) bond motifs is 1. The maximum Gasteiger partial charge on any atom is 0.410 e. The lowest BCUT2D eigenvalue weighted by molar-refractivity contribution is -0.705. The van der Waals surface area contributed by atoms with Gasteiger partial charge in [-0.3, -0.25) is 4.79 Å². The highest BCUT2D eigenvalue weighted by atomic mass is 32.2. The third kappa shape index (κ3) is 5.94. The molecule has 13 heteroatoms. The Labute approximate surface area is 227 Å². The van der Waals surface area contributed by atoms with E-state index in [1.807, 2.05) is 6.07 Å². The van der Waals surface area contributed by atoms with Crippen molar-refractivity contribution in [3.05, 3.63) is 46.3 Å². The minimum Gasteiger partial charge on any atom is -0.538 e. The van der Waals surface area contributed by atoms with Crippen molar-refractivity contribution in [2.75, 3.05) is 19.0 Å². The second kappa shape index (κ2) is 11.0. The van der Waals surface area contributed by atoms with Crippen molar-refractivity contribution < 1.29 is 38.2 Å². The smallest absolute Gasteiger partial charge is 0.410 e. The average molecular weight is 561 g/mol. The quantitative estimate of drug-likeness (QED) is 0.273. The van der Waals surface area contributed by atoms with Crippen molar-refractivity contribution in [3.63, 3.8) is 0 Å². The molecule has 1 aliphatic rings. The van der Waals surface area contributed by atoms with Crippen molar-refractivity contribution in [1.29, 1.82) is 0 Å². The predicted octanol–water partition coefficient (Wildman–Crippen LogP) is 3.29. The molecule has 0 saturated carbocycles. The number of anilines is 1. The molecule has 11 nitrogen and oxygen atoms in total. The van der Waals surface area contributed by atoms with Crippen LogP contribution in [0, 0.1) is 0 Å². The van der Waals surface area contributed by atoms with E-state index in [0.29, 0.717) is 23.7 Å². The number of thioether (sulfide) groups is 1. The summed E-state index contributed by atoms with van der Waals surface area (Å²) in [7, 11) is 1.27. The van der Waals surface area contributed by atoms with Crippen molar-refractivity contribution in [2.24, 2.45) is 0 Å². The van der Waals surface area contributed by atoms with E-state index in [4.69, 9.17) is 14.0 Å². The van der Waals surface area contributed by atoms with Gasteiger partial charge >= 0.3 is 12.1 Å². The van der Waals surface area contributed by atoms with Crippen molar-refractivity contribution in [3.8, 4) is 11.6 Å². The molecule has 1 unspecified atom stereocenters. The van der Waals surface area contributed by atoms with Crippen LogP contribution in [0.5, 0.6) is 5.95 Å². The molecule has 1 aliphatic heterocycles. The molecule has 0 fully saturated rings. The highest BCUT2D eigenvalue weighted by Gasteiger charge is 2.34. The lowest BCUT2D eigenvalue weighted by atomic mass is 10.0. The van der Waals surface area contributed by atoms with Crippen LogP contribution in [0.3, 0.4) is 0 Å². The first-order valence-electron chi connectivity index (χ1n) is 11.8. The second-order valence-electron chi connectivity index (χ2n) is 9.51. The average Bonchev–Trinajstić information content (AvgIpc) is 3.42. The van der Waals surface area contributed by atoms with E-state index in [9.17, 15) is 19.5 Å². The second-order valence-corrected chi connectivity index (χ2v) is 11.9. The minimum atomic E-state index is -0.736. The number of aromatic nitrogens is 2. The predicted molar refractivity (Wildman–Crippen MR) is 137 cm³/mol. The highest BCUT2D eigenvalue weighted by molar-refractivity contribution is 8.00. The van der Waals surface area contributed by atoms with Gasteiger partial charge in [-0.25, -0.2) is 9.59 Å². The molecular formula is C25H28N4O7S2. The van der Waals surface area contributed by atoms with Crippen molar-refractivity contribution in [2.45, 2.75) is 56.5 Å². The van der Waals surface area contributed by atoms with Crippen molar-refractivity contribution in [1.82, 2.24) is 10.2 Å². The summed E-state index contributed by atoms with van der Waals surface area (Å²) < 4.78 is 16.6. The molecular weight excluding hydrogens is 532 g/mol. The first-order valence-corrected chi connectivity index (χ1v) is 13.5. The van der Waals surface area contributed by atoms with Gasteiger partial charge in [-0.1, -0.05) is 18.2 Å². The Morgan fingerprint density at radius 1 is 1.26 bits per heavy atom. The number of hydrogen-bond donors (Lipinski definition) is 1. The van der Waals surface area contributed by atoms with E-state index >= 15 is 0 Å². The molecule has 4 rings (SSSR count). The standard InChI is InChI=1S/C25H28N4O7S2/c1-14(37-21-23(32)36-27-29(21)15-9-7-6-8-10-15)19(30)26-20-18(22(31)34-5)16-11-12-28(13-17(16)38-20)24(33)35-25(2,3)4/h6-10,14H,11-13H2,1-5H3,(H-,26,27,30,31,32). The van der Waals surface area contributed by atoms with Crippen molar-refractivity contribution >= 4 is 46.1 Å². The molecule has 1 atom stereocenters. The maximum atomic E-state index is 13.2. The summed E-state index contributed by atoms with van der Waals surface area (Å²) in [6.45, 7) is 7.63. The number of rotatable bonds is 6. The Hall–Kier alpha value is -3.58. The van der Waals surface area contributed by atoms with E-state index in [1.165, 1.54) is 23.1 Å². The molecule has 0 saturated heterocycles. The van der Waals surface area contributed by atoms with E-state index in [2.05, 4.69) is 10.6 Å². The Kier molecular flexibility index (Phi) is 7.97. The van der Waals surface area contributed by atoms with E-state index < -0.39 is 34.8 Å². The van der Waals surface area contributed by atoms with Gasteiger partial charge in [-0.05, 0) is 56.1 Å². The summed E-state index contributed by atoms with van der Waals surface area (Å²) in [6.07, 6.45) is -0.0341. The zero-order chi connectivity index (χ0) is 27.6. The Bertz CT molecular complexity index is 1350. The molecule has 202 valence electrons. The Balaban J connectivity index is 1.54. The summed E-state index contributed by atoms with van der Waals surface area (Å²) in [6, 6.07) is 8.94. The van der Waals surface area contributed by atoms with Gasteiger partial charge in [0, 0.05) is 23.6 Å². The van der Waals surface area contributed by atoms with Gasteiger partial charge < -0.3 is 29.3 Å². The van der Waals surface area contributed by atoms with Gasteiger partial charge in [-0.15, -0.1) is 11.3 Å². The Morgan fingerprint density at radius 2 is 1.97 bits per heavy atom. The van der Waals surface area contributed by atoms with E-state index in [1.54, 1.807) is 56.9 Å². The number of thiophene rings is 1. The van der Waals surface area contributed by atoms with Crippen LogP contribution in [0.25, 0.3) is 5.69 Å². The number of methoxy groups -OCH3 is 1. The molecule has 2 aromatic heterocycles. The van der Waals surface area contributed by atoms with Crippen LogP contribution in [-0.4, -0.2) is 52.6 Å².